The molecule has 1 heterocycles. The lowest BCUT2D eigenvalue weighted by molar-refractivity contribution is 0.0443. The molecule has 0 saturated carbocycles. The first-order chi connectivity index (χ1) is 7.86. The van der Waals surface area contributed by atoms with Gasteiger partial charge >= 0.3 is 11.9 Å². The Morgan fingerprint density at radius 1 is 0.824 bits per heavy atom. The van der Waals surface area contributed by atoms with Gasteiger partial charge in [0.2, 0.25) is 0 Å². The summed E-state index contributed by atoms with van der Waals surface area (Å²) >= 11 is 0. The van der Waals surface area contributed by atoms with Gasteiger partial charge in [-0.2, -0.15) is 0 Å². The fourth-order valence-electron chi connectivity index (χ4n) is 2.56. The second-order valence-electron chi connectivity index (χ2n) is 4.87. The monoisotopic (exact) mass is 232 g/mol. The van der Waals surface area contributed by atoms with E-state index >= 15 is 0 Å². The van der Waals surface area contributed by atoms with Gasteiger partial charge in [0.05, 0.1) is 11.1 Å². The van der Waals surface area contributed by atoms with Gasteiger partial charge in [-0.3, -0.25) is 0 Å². The molecule has 0 atom stereocenters. The van der Waals surface area contributed by atoms with E-state index in [1.807, 2.05) is 34.6 Å². The first-order valence-corrected chi connectivity index (χ1v) is 5.76. The van der Waals surface area contributed by atoms with Crippen LogP contribution in [-0.2, 0) is 4.74 Å². The second-order valence-corrected chi connectivity index (χ2v) is 4.87. The molecular weight excluding hydrogens is 216 g/mol. The lowest BCUT2D eigenvalue weighted by atomic mass is 9.84. The van der Waals surface area contributed by atoms with Crippen LogP contribution in [0.1, 0.15) is 62.7 Å². The van der Waals surface area contributed by atoms with Gasteiger partial charge in [-0.15, -0.1) is 0 Å². The van der Waals surface area contributed by atoms with Crippen LogP contribution in [0.5, 0.6) is 0 Å². The lowest BCUT2D eigenvalue weighted by Gasteiger charge is -2.17. The van der Waals surface area contributed by atoms with Gasteiger partial charge in [0, 0.05) is 0 Å². The molecule has 0 bridgehead atoms. The Morgan fingerprint density at radius 2 is 1.35 bits per heavy atom. The Morgan fingerprint density at radius 3 is 1.88 bits per heavy atom. The maximum Gasteiger partial charge on any atom is 0.347 e. The van der Waals surface area contributed by atoms with Crippen LogP contribution < -0.4 is 0 Å². The zero-order valence-corrected chi connectivity index (χ0v) is 10.8. The fraction of sp³-hybridized carbons (Fsp3) is 0.429. The van der Waals surface area contributed by atoms with E-state index in [4.69, 9.17) is 4.74 Å². The number of carbonyl (C=O) groups is 2. The molecule has 0 unspecified atom stereocenters. The van der Waals surface area contributed by atoms with Gasteiger partial charge in [0.15, 0.2) is 0 Å². The maximum absolute atomic E-state index is 11.8. The van der Waals surface area contributed by atoms with Gasteiger partial charge in [-0.25, -0.2) is 9.59 Å². The van der Waals surface area contributed by atoms with Crippen molar-refractivity contribution in [2.24, 2.45) is 0 Å². The van der Waals surface area contributed by atoms with E-state index in [2.05, 4.69) is 0 Å². The summed E-state index contributed by atoms with van der Waals surface area (Å²) in [4.78, 5) is 23.5. The van der Waals surface area contributed by atoms with Crippen LogP contribution in [0.3, 0.4) is 0 Å². The zero-order valence-electron chi connectivity index (χ0n) is 10.8. The topological polar surface area (TPSA) is 43.4 Å². The Balaban J connectivity index is 2.92. The van der Waals surface area contributed by atoms with E-state index in [0.29, 0.717) is 11.1 Å². The number of hydrogen-bond acceptors (Lipinski definition) is 3. The minimum Gasteiger partial charge on any atom is -0.386 e. The SMILES string of the molecule is Cc1c(C)c2c(c(C(C)C)c1C)C(=O)OC2=O. The molecule has 0 aromatic heterocycles. The van der Waals surface area contributed by atoms with E-state index in [0.717, 1.165) is 22.3 Å². The molecule has 1 aromatic carbocycles. The van der Waals surface area contributed by atoms with Gasteiger partial charge < -0.3 is 4.74 Å². The maximum atomic E-state index is 11.8. The highest BCUT2D eigenvalue weighted by atomic mass is 16.6. The predicted octanol–water partition coefficient (Wildman–Crippen LogP) is 3.05. The molecule has 3 heteroatoms. The van der Waals surface area contributed by atoms with Gasteiger partial charge in [0.25, 0.3) is 0 Å². The highest BCUT2D eigenvalue weighted by Gasteiger charge is 2.36. The number of rotatable bonds is 1. The Bertz CT molecular complexity index is 539. The van der Waals surface area contributed by atoms with Crippen molar-refractivity contribution in [3.63, 3.8) is 0 Å². The van der Waals surface area contributed by atoms with Crippen LogP contribution in [0.15, 0.2) is 0 Å². The zero-order chi connectivity index (χ0) is 12.9. The van der Waals surface area contributed by atoms with Gasteiger partial charge in [0.1, 0.15) is 0 Å². The van der Waals surface area contributed by atoms with E-state index < -0.39 is 11.9 Å². The summed E-state index contributed by atoms with van der Waals surface area (Å²) in [5.41, 5.74) is 4.89. The highest BCUT2D eigenvalue weighted by molar-refractivity contribution is 6.16. The molecule has 17 heavy (non-hydrogen) atoms. The Labute approximate surface area is 101 Å². The van der Waals surface area contributed by atoms with Crippen molar-refractivity contribution >= 4 is 11.9 Å². The van der Waals surface area contributed by atoms with Crippen LogP contribution in [0, 0.1) is 20.8 Å². The van der Waals surface area contributed by atoms with Crippen molar-refractivity contribution in [1.29, 1.82) is 0 Å². The summed E-state index contributed by atoms with van der Waals surface area (Å²) in [5, 5.41) is 0. The summed E-state index contributed by atoms with van der Waals surface area (Å²) in [6.07, 6.45) is 0. The molecule has 1 aliphatic rings. The molecule has 1 aliphatic heterocycles. The second kappa shape index (κ2) is 3.69. The Kier molecular flexibility index (Phi) is 2.57. The highest BCUT2D eigenvalue weighted by Crippen LogP contribution is 2.36. The number of hydrogen-bond donors (Lipinski definition) is 0. The summed E-state index contributed by atoms with van der Waals surface area (Å²) in [5.74, 6) is -0.811. The number of cyclic esters (lactones) is 2. The van der Waals surface area contributed by atoms with E-state index in [1.54, 1.807) is 0 Å². The number of fused-ring (bicyclic) bond motifs is 1. The number of carbonyl (C=O) groups excluding carboxylic acids is 2. The molecule has 0 aliphatic carbocycles. The summed E-state index contributed by atoms with van der Waals surface area (Å²) in [6.45, 7) is 9.88. The predicted molar refractivity (Wildman–Crippen MR) is 64.5 cm³/mol. The third-order valence-electron chi connectivity index (χ3n) is 3.59. The van der Waals surface area contributed by atoms with Crippen molar-refractivity contribution in [3.05, 3.63) is 33.4 Å². The van der Waals surface area contributed by atoms with Crippen molar-refractivity contribution in [2.75, 3.05) is 0 Å². The summed E-state index contributed by atoms with van der Waals surface area (Å²) in [6, 6.07) is 0. The fourth-order valence-corrected chi connectivity index (χ4v) is 2.56. The first-order valence-electron chi connectivity index (χ1n) is 5.76. The number of ether oxygens (including phenoxy) is 1. The molecule has 0 amide bonds. The average molecular weight is 232 g/mol. The standard InChI is InChI=1S/C14H16O3/c1-6(2)10-8(4)7(3)9(5)11-12(10)14(16)17-13(11)15/h6H,1-5H3. The smallest absolute Gasteiger partial charge is 0.347 e. The normalized spacial score (nSPS) is 14.2. The average Bonchev–Trinajstić information content (AvgIpc) is 2.51. The number of esters is 2. The van der Waals surface area contributed by atoms with Crippen molar-refractivity contribution < 1.29 is 14.3 Å². The molecular formula is C14H16O3. The quantitative estimate of drug-likeness (QED) is 0.552. The molecule has 0 spiro atoms. The van der Waals surface area contributed by atoms with Crippen molar-refractivity contribution in [2.45, 2.75) is 40.5 Å². The molecule has 1 aromatic rings. The molecule has 0 N–H and O–H groups in total. The van der Waals surface area contributed by atoms with E-state index in [9.17, 15) is 9.59 Å². The van der Waals surface area contributed by atoms with Crippen LogP contribution >= 0.6 is 0 Å². The summed E-state index contributed by atoms with van der Waals surface area (Å²) in [7, 11) is 0. The van der Waals surface area contributed by atoms with Crippen LogP contribution in [0.4, 0.5) is 0 Å². The molecule has 2 rings (SSSR count). The van der Waals surface area contributed by atoms with E-state index in [1.165, 1.54) is 0 Å². The molecule has 90 valence electrons. The molecule has 0 radical (unpaired) electrons. The van der Waals surface area contributed by atoms with Crippen LogP contribution in [-0.4, -0.2) is 11.9 Å². The largest absolute Gasteiger partial charge is 0.386 e. The minimum atomic E-state index is -0.507. The van der Waals surface area contributed by atoms with Crippen LogP contribution in [0.2, 0.25) is 0 Å². The molecule has 3 nitrogen and oxygen atoms in total. The van der Waals surface area contributed by atoms with Gasteiger partial charge in [-0.05, 0) is 48.9 Å². The molecule has 0 fully saturated rings. The van der Waals surface area contributed by atoms with Crippen molar-refractivity contribution in [1.82, 2.24) is 0 Å². The van der Waals surface area contributed by atoms with Crippen molar-refractivity contribution in [3.8, 4) is 0 Å². The third-order valence-corrected chi connectivity index (χ3v) is 3.59. The summed E-state index contributed by atoms with van der Waals surface area (Å²) < 4.78 is 4.74. The minimum absolute atomic E-state index is 0.196. The van der Waals surface area contributed by atoms with Gasteiger partial charge in [-0.1, -0.05) is 13.8 Å². The third kappa shape index (κ3) is 1.49. The number of benzene rings is 1. The Hall–Kier alpha value is -1.64. The van der Waals surface area contributed by atoms with Crippen LogP contribution in [0.25, 0.3) is 0 Å². The first kappa shape index (κ1) is 11.8. The van der Waals surface area contributed by atoms with E-state index in [-0.39, 0.29) is 5.92 Å². The molecule has 0 saturated heterocycles. The lowest BCUT2D eigenvalue weighted by Crippen LogP contribution is -2.08.